The molecule has 7 heteroatoms. The van der Waals surface area contributed by atoms with Crippen LogP contribution in [0.1, 0.15) is 22.8 Å². The maximum Gasteiger partial charge on any atom is 0.196 e. The molecule has 0 N–H and O–H groups in total. The number of aryl methyl sites for hydroxylation is 1. The highest BCUT2D eigenvalue weighted by molar-refractivity contribution is 8.00. The molecule has 0 amide bonds. The molecule has 150 valence electrons. The van der Waals surface area contributed by atoms with Crippen LogP contribution in [0.4, 0.5) is 0 Å². The predicted octanol–water partition coefficient (Wildman–Crippen LogP) is 5.65. The third-order valence-electron chi connectivity index (χ3n) is 4.69. The van der Waals surface area contributed by atoms with Crippen molar-refractivity contribution in [3.05, 3.63) is 89.2 Å². The summed E-state index contributed by atoms with van der Waals surface area (Å²) in [6.45, 7) is 3.91. The van der Waals surface area contributed by atoms with Crippen LogP contribution in [0, 0.1) is 6.92 Å². The average molecular weight is 435 g/mol. The summed E-state index contributed by atoms with van der Waals surface area (Å²) >= 11 is 7.44. The minimum absolute atomic E-state index is 0.00713. The Morgan fingerprint density at radius 1 is 1.03 bits per heavy atom. The number of pyridine rings is 1. The zero-order chi connectivity index (χ0) is 21.1. The number of halogens is 1. The minimum atomic E-state index is -0.360. The van der Waals surface area contributed by atoms with Crippen molar-refractivity contribution in [2.45, 2.75) is 24.3 Å². The van der Waals surface area contributed by atoms with E-state index in [0.717, 1.165) is 16.8 Å². The number of carbonyl (C=O) groups is 1. The molecule has 1 atom stereocenters. The summed E-state index contributed by atoms with van der Waals surface area (Å²) in [5.74, 6) is 0.698. The summed E-state index contributed by atoms with van der Waals surface area (Å²) < 4.78 is 2.00. The van der Waals surface area contributed by atoms with E-state index in [1.165, 1.54) is 11.8 Å². The van der Waals surface area contributed by atoms with Gasteiger partial charge in [0, 0.05) is 28.5 Å². The van der Waals surface area contributed by atoms with Gasteiger partial charge in [0.2, 0.25) is 0 Å². The summed E-state index contributed by atoms with van der Waals surface area (Å²) in [4.78, 5) is 17.0. The number of ketones is 1. The standard InChI is InChI=1S/C23H19ClN4OS/c1-15-6-3-4-9-20(15)28-22(17-10-12-25-13-11-17)26-27-23(28)30-16(2)21(29)18-7-5-8-19(24)14-18/h3-14,16H,1-2H3. The number of para-hydroxylation sites is 1. The molecule has 0 fully saturated rings. The van der Waals surface area contributed by atoms with Crippen molar-refractivity contribution in [2.24, 2.45) is 0 Å². The molecule has 0 aliphatic carbocycles. The lowest BCUT2D eigenvalue weighted by molar-refractivity contribution is 0.0994. The Morgan fingerprint density at radius 3 is 2.53 bits per heavy atom. The third-order valence-corrected chi connectivity index (χ3v) is 5.97. The van der Waals surface area contributed by atoms with Gasteiger partial charge in [-0.3, -0.25) is 14.3 Å². The molecule has 2 aromatic heterocycles. The second-order valence-electron chi connectivity index (χ2n) is 6.80. The fourth-order valence-corrected chi connectivity index (χ4v) is 4.28. The smallest absolute Gasteiger partial charge is 0.196 e. The molecule has 0 saturated heterocycles. The molecular weight excluding hydrogens is 416 g/mol. The molecule has 0 radical (unpaired) electrons. The van der Waals surface area contributed by atoms with Crippen LogP contribution in [0.2, 0.25) is 5.02 Å². The molecule has 0 aliphatic rings. The molecule has 1 unspecified atom stereocenters. The van der Waals surface area contributed by atoms with Crippen LogP contribution in [-0.4, -0.2) is 30.8 Å². The van der Waals surface area contributed by atoms with E-state index in [1.54, 1.807) is 36.7 Å². The number of aromatic nitrogens is 4. The Balaban J connectivity index is 1.74. The van der Waals surface area contributed by atoms with Crippen LogP contribution in [0.3, 0.4) is 0 Å². The van der Waals surface area contributed by atoms with Gasteiger partial charge in [-0.05, 0) is 49.7 Å². The highest BCUT2D eigenvalue weighted by Crippen LogP contribution is 2.32. The van der Waals surface area contributed by atoms with Crippen molar-refractivity contribution in [2.75, 3.05) is 0 Å². The van der Waals surface area contributed by atoms with E-state index in [2.05, 4.69) is 15.2 Å². The largest absolute Gasteiger partial charge is 0.293 e. The fourth-order valence-electron chi connectivity index (χ4n) is 3.15. The first-order valence-corrected chi connectivity index (χ1v) is 10.7. The molecule has 2 aromatic carbocycles. The van der Waals surface area contributed by atoms with Crippen molar-refractivity contribution in [3.8, 4) is 17.1 Å². The highest BCUT2D eigenvalue weighted by Gasteiger charge is 2.23. The minimum Gasteiger partial charge on any atom is -0.293 e. The van der Waals surface area contributed by atoms with E-state index in [0.29, 0.717) is 21.6 Å². The number of thioether (sulfide) groups is 1. The van der Waals surface area contributed by atoms with Gasteiger partial charge < -0.3 is 0 Å². The monoisotopic (exact) mass is 434 g/mol. The first-order chi connectivity index (χ1) is 14.5. The van der Waals surface area contributed by atoms with Crippen LogP contribution >= 0.6 is 23.4 Å². The van der Waals surface area contributed by atoms with Gasteiger partial charge in [-0.25, -0.2) is 0 Å². The molecule has 5 nitrogen and oxygen atoms in total. The van der Waals surface area contributed by atoms with Crippen LogP contribution in [-0.2, 0) is 0 Å². The summed E-state index contributed by atoms with van der Waals surface area (Å²) in [7, 11) is 0. The van der Waals surface area contributed by atoms with Crippen LogP contribution in [0.15, 0.2) is 78.2 Å². The van der Waals surface area contributed by atoms with Gasteiger partial charge in [-0.1, -0.05) is 53.7 Å². The van der Waals surface area contributed by atoms with E-state index in [9.17, 15) is 4.79 Å². The van der Waals surface area contributed by atoms with E-state index in [1.807, 2.05) is 54.8 Å². The Labute approximate surface area is 184 Å². The van der Waals surface area contributed by atoms with Crippen molar-refractivity contribution >= 4 is 29.1 Å². The maximum atomic E-state index is 12.9. The lowest BCUT2D eigenvalue weighted by Crippen LogP contribution is -2.14. The van der Waals surface area contributed by atoms with Crippen molar-refractivity contribution in [3.63, 3.8) is 0 Å². The van der Waals surface area contributed by atoms with E-state index in [-0.39, 0.29) is 11.0 Å². The second kappa shape index (κ2) is 8.81. The number of hydrogen-bond donors (Lipinski definition) is 0. The zero-order valence-corrected chi connectivity index (χ0v) is 18.1. The SMILES string of the molecule is Cc1ccccc1-n1c(SC(C)C(=O)c2cccc(Cl)c2)nnc1-c1ccncc1. The molecule has 30 heavy (non-hydrogen) atoms. The van der Waals surface area contributed by atoms with Crippen molar-refractivity contribution < 1.29 is 4.79 Å². The number of Topliss-reactive ketones (excluding diaryl/α,β-unsaturated/α-hetero) is 1. The normalized spacial score (nSPS) is 12.0. The molecule has 0 aliphatic heterocycles. The lowest BCUT2D eigenvalue weighted by atomic mass is 10.1. The highest BCUT2D eigenvalue weighted by atomic mass is 35.5. The van der Waals surface area contributed by atoms with Crippen molar-refractivity contribution in [1.82, 2.24) is 19.7 Å². The van der Waals surface area contributed by atoms with Crippen LogP contribution in [0.5, 0.6) is 0 Å². The van der Waals surface area contributed by atoms with Gasteiger partial charge in [-0.2, -0.15) is 0 Å². The number of rotatable bonds is 6. The molecule has 2 heterocycles. The molecule has 0 spiro atoms. The van der Waals surface area contributed by atoms with Crippen molar-refractivity contribution in [1.29, 1.82) is 0 Å². The summed E-state index contributed by atoms with van der Waals surface area (Å²) in [6, 6.07) is 18.8. The number of hydrogen-bond acceptors (Lipinski definition) is 5. The Hall–Kier alpha value is -2.96. The van der Waals surface area contributed by atoms with Gasteiger partial charge in [-0.15, -0.1) is 10.2 Å². The zero-order valence-electron chi connectivity index (χ0n) is 16.5. The molecule has 0 bridgehead atoms. The molecule has 4 rings (SSSR count). The van der Waals surface area contributed by atoms with Gasteiger partial charge in [0.15, 0.2) is 16.8 Å². The summed E-state index contributed by atoms with van der Waals surface area (Å²) in [6.07, 6.45) is 3.45. The second-order valence-corrected chi connectivity index (χ2v) is 8.54. The topological polar surface area (TPSA) is 60.7 Å². The molecule has 0 saturated carbocycles. The Bertz CT molecular complexity index is 1190. The average Bonchev–Trinajstić information content (AvgIpc) is 3.17. The van der Waals surface area contributed by atoms with Crippen LogP contribution < -0.4 is 0 Å². The van der Waals surface area contributed by atoms with Crippen LogP contribution in [0.25, 0.3) is 17.1 Å². The maximum absolute atomic E-state index is 12.9. The van der Waals surface area contributed by atoms with E-state index < -0.39 is 0 Å². The van der Waals surface area contributed by atoms with Gasteiger partial charge in [0.1, 0.15) is 0 Å². The Kier molecular flexibility index (Phi) is 5.97. The molecular formula is C23H19ClN4OS. The predicted molar refractivity (Wildman–Crippen MR) is 120 cm³/mol. The number of benzene rings is 2. The molecule has 4 aromatic rings. The van der Waals surface area contributed by atoms with Gasteiger partial charge >= 0.3 is 0 Å². The quantitative estimate of drug-likeness (QED) is 0.289. The van der Waals surface area contributed by atoms with Gasteiger partial charge in [0.25, 0.3) is 0 Å². The van der Waals surface area contributed by atoms with E-state index >= 15 is 0 Å². The van der Waals surface area contributed by atoms with E-state index in [4.69, 9.17) is 11.6 Å². The first kappa shape index (κ1) is 20.3. The Morgan fingerprint density at radius 2 is 1.80 bits per heavy atom. The summed E-state index contributed by atoms with van der Waals surface area (Å²) in [5, 5.41) is 9.69. The summed E-state index contributed by atoms with van der Waals surface area (Å²) in [5.41, 5.74) is 3.54. The number of carbonyl (C=O) groups excluding carboxylic acids is 1. The lowest BCUT2D eigenvalue weighted by Gasteiger charge is -2.15. The fraction of sp³-hybridized carbons (Fsp3) is 0.130. The third kappa shape index (κ3) is 4.15. The first-order valence-electron chi connectivity index (χ1n) is 9.43. The van der Waals surface area contributed by atoms with Gasteiger partial charge in [0.05, 0.1) is 10.9 Å². The number of nitrogens with zero attached hydrogens (tertiary/aromatic N) is 4.